The molecule has 1 saturated heterocycles. The summed E-state index contributed by atoms with van der Waals surface area (Å²) in [7, 11) is 0. The molecule has 0 aromatic heterocycles. The van der Waals surface area contributed by atoms with Crippen LogP contribution in [-0.4, -0.2) is 42.3 Å². The molecule has 0 saturated carbocycles. The van der Waals surface area contributed by atoms with Gasteiger partial charge in [0.15, 0.2) is 0 Å². The van der Waals surface area contributed by atoms with Crippen molar-refractivity contribution in [1.29, 1.82) is 0 Å². The van der Waals surface area contributed by atoms with E-state index in [-0.39, 0.29) is 30.1 Å². The van der Waals surface area contributed by atoms with E-state index in [4.69, 9.17) is 0 Å². The Morgan fingerprint density at radius 2 is 1.67 bits per heavy atom. The predicted octanol–water partition coefficient (Wildman–Crippen LogP) is 2.70. The van der Waals surface area contributed by atoms with Gasteiger partial charge in [-0.3, -0.25) is 14.4 Å². The van der Waals surface area contributed by atoms with Crippen LogP contribution in [0.15, 0.2) is 54.6 Å². The summed E-state index contributed by atoms with van der Waals surface area (Å²) in [4.78, 5) is 38.6. The first kappa shape index (κ1) is 21.6. The van der Waals surface area contributed by atoms with Crippen LogP contribution in [0.4, 0.5) is 0 Å². The number of benzene rings is 2. The Morgan fingerprint density at radius 1 is 1.00 bits per heavy atom. The molecule has 1 fully saturated rings. The molecule has 3 rings (SSSR count). The average Bonchev–Trinajstić information content (AvgIpc) is 3.12. The summed E-state index contributed by atoms with van der Waals surface area (Å²) >= 11 is 0. The van der Waals surface area contributed by atoms with Gasteiger partial charge in [0.05, 0.1) is 5.92 Å². The number of amides is 3. The van der Waals surface area contributed by atoms with Crippen molar-refractivity contribution >= 4 is 17.7 Å². The van der Waals surface area contributed by atoms with Crippen LogP contribution in [0.25, 0.3) is 0 Å². The molecular weight excluding hydrogens is 378 g/mol. The van der Waals surface area contributed by atoms with Crippen molar-refractivity contribution in [3.8, 4) is 0 Å². The van der Waals surface area contributed by atoms with Crippen molar-refractivity contribution in [2.75, 3.05) is 19.6 Å². The molecule has 1 aliphatic rings. The fraction of sp³-hybridized carbons (Fsp3) is 0.375. The van der Waals surface area contributed by atoms with Crippen LogP contribution in [0.2, 0.25) is 0 Å². The van der Waals surface area contributed by atoms with Crippen LogP contribution in [0.3, 0.4) is 0 Å². The van der Waals surface area contributed by atoms with E-state index in [1.807, 2.05) is 54.6 Å². The maximum absolute atomic E-state index is 12.4. The van der Waals surface area contributed by atoms with E-state index in [1.165, 1.54) is 5.56 Å². The number of carbonyl (C=O) groups is 3. The summed E-state index contributed by atoms with van der Waals surface area (Å²) in [6, 6.07) is 17.3. The van der Waals surface area contributed by atoms with Crippen LogP contribution >= 0.6 is 0 Å². The smallest absolute Gasteiger partial charge is 0.251 e. The Balaban J connectivity index is 1.39. The predicted molar refractivity (Wildman–Crippen MR) is 116 cm³/mol. The van der Waals surface area contributed by atoms with E-state index in [0.29, 0.717) is 37.7 Å². The lowest BCUT2D eigenvalue weighted by Gasteiger charge is -2.16. The summed E-state index contributed by atoms with van der Waals surface area (Å²) in [5.41, 5.74) is 2.84. The van der Waals surface area contributed by atoms with Gasteiger partial charge in [0, 0.05) is 38.2 Å². The zero-order valence-electron chi connectivity index (χ0n) is 17.6. The maximum Gasteiger partial charge on any atom is 0.251 e. The van der Waals surface area contributed by atoms with Crippen molar-refractivity contribution in [1.82, 2.24) is 15.5 Å². The second-order valence-electron chi connectivity index (χ2n) is 7.98. The number of hydrogen-bond donors (Lipinski definition) is 2. The van der Waals surface area contributed by atoms with Crippen LogP contribution in [0, 0.1) is 5.92 Å². The average molecular weight is 408 g/mol. The molecule has 3 amide bonds. The Bertz CT molecular complexity index is 878. The molecule has 1 unspecified atom stereocenters. The van der Waals surface area contributed by atoms with E-state index in [9.17, 15) is 14.4 Å². The Morgan fingerprint density at radius 3 is 2.33 bits per heavy atom. The first-order chi connectivity index (χ1) is 14.4. The molecule has 158 valence electrons. The van der Waals surface area contributed by atoms with Crippen LogP contribution < -0.4 is 10.6 Å². The molecule has 0 aliphatic carbocycles. The van der Waals surface area contributed by atoms with Gasteiger partial charge in [-0.25, -0.2) is 0 Å². The van der Waals surface area contributed by atoms with Gasteiger partial charge in [0.25, 0.3) is 5.91 Å². The van der Waals surface area contributed by atoms with Gasteiger partial charge < -0.3 is 15.5 Å². The van der Waals surface area contributed by atoms with Crippen molar-refractivity contribution in [3.05, 3.63) is 71.3 Å². The van der Waals surface area contributed by atoms with E-state index < -0.39 is 0 Å². The van der Waals surface area contributed by atoms with Crippen LogP contribution in [-0.2, 0) is 16.1 Å². The highest BCUT2D eigenvalue weighted by Gasteiger charge is 2.33. The number of nitrogens with zero attached hydrogens (tertiary/aromatic N) is 1. The Labute approximate surface area is 177 Å². The first-order valence-electron chi connectivity index (χ1n) is 10.4. The van der Waals surface area contributed by atoms with Crippen molar-refractivity contribution in [2.24, 2.45) is 5.92 Å². The van der Waals surface area contributed by atoms with Gasteiger partial charge in [-0.05, 0) is 29.2 Å². The Hall–Kier alpha value is -3.15. The van der Waals surface area contributed by atoms with Gasteiger partial charge in [0.2, 0.25) is 11.8 Å². The topological polar surface area (TPSA) is 78.5 Å². The minimum absolute atomic E-state index is 0.00264. The molecule has 1 heterocycles. The van der Waals surface area contributed by atoms with E-state index >= 15 is 0 Å². The SMILES string of the molecule is CC(C)c1ccc(C(=O)NCCNC(=O)C2CC(=O)N(Cc3ccccc3)C2)cc1. The number of nitrogens with one attached hydrogen (secondary N) is 2. The molecule has 2 N–H and O–H groups in total. The van der Waals surface area contributed by atoms with Crippen molar-refractivity contribution < 1.29 is 14.4 Å². The minimum Gasteiger partial charge on any atom is -0.354 e. The molecule has 0 bridgehead atoms. The largest absolute Gasteiger partial charge is 0.354 e. The van der Waals surface area contributed by atoms with Gasteiger partial charge in [0.1, 0.15) is 0 Å². The zero-order chi connectivity index (χ0) is 21.5. The molecule has 30 heavy (non-hydrogen) atoms. The number of carbonyl (C=O) groups excluding carboxylic acids is 3. The molecule has 6 heteroatoms. The fourth-order valence-corrected chi connectivity index (χ4v) is 3.53. The normalized spacial score (nSPS) is 16.0. The standard InChI is InChI=1S/C24H29N3O3/c1-17(2)19-8-10-20(11-9-19)23(29)25-12-13-26-24(30)21-14-22(28)27(16-21)15-18-6-4-3-5-7-18/h3-11,17,21H,12-16H2,1-2H3,(H,25,29)(H,26,30). The van der Waals surface area contributed by atoms with E-state index in [0.717, 1.165) is 5.56 Å². The molecule has 2 aromatic rings. The second-order valence-corrected chi connectivity index (χ2v) is 7.98. The molecular formula is C24H29N3O3. The van der Waals surface area contributed by atoms with Gasteiger partial charge >= 0.3 is 0 Å². The minimum atomic E-state index is -0.347. The lowest BCUT2D eigenvalue weighted by atomic mass is 10.0. The fourth-order valence-electron chi connectivity index (χ4n) is 3.53. The molecule has 1 atom stereocenters. The molecule has 0 radical (unpaired) electrons. The highest BCUT2D eigenvalue weighted by molar-refractivity contribution is 5.94. The second kappa shape index (κ2) is 10.1. The number of rotatable bonds is 8. The lowest BCUT2D eigenvalue weighted by molar-refractivity contribution is -0.129. The molecule has 6 nitrogen and oxygen atoms in total. The summed E-state index contributed by atoms with van der Waals surface area (Å²) in [6.07, 6.45) is 0.229. The molecule has 1 aliphatic heterocycles. The monoisotopic (exact) mass is 407 g/mol. The van der Waals surface area contributed by atoms with Crippen LogP contribution in [0.1, 0.15) is 47.7 Å². The zero-order valence-corrected chi connectivity index (χ0v) is 17.6. The molecule has 0 spiro atoms. The maximum atomic E-state index is 12.4. The third kappa shape index (κ3) is 5.69. The van der Waals surface area contributed by atoms with Crippen LogP contribution in [0.5, 0.6) is 0 Å². The lowest BCUT2D eigenvalue weighted by Crippen LogP contribution is -2.38. The third-order valence-electron chi connectivity index (χ3n) is 5.35. The highest BCUT2D eigenvalue weighted by atomic mass is 16.2. The summed E-state index contributed by atoms with van der Waals surface area (Å²) < 4.78 is 0. The van der Waals surface area contributed by atoms with Crippen molar-refractivity contribution in [3.63, 3.8) is 0 Å². The van der Waals surface area contributed by atoms with Gasteiger partial charge in [-0.15, -0.1) is 0 Å². The van der Waals surface area contributed by atoms with Gasteiger partial charge in [-0.2, -0.15) is 0 Å². The third-order valence-corrected chi connectivity index (χ3v) is 5.35. The summed E-state index contributed by atoms with van der Waals surface area (Å²) in [5, 5.41) is 5.64. The van der Waals surface area contributed by atoms with E-state index in [1.54, 1.807) is 4.90 Å². The van der Waals surface area contributed by atoms with Crippen molar-refractivity contribution in [2.45, 2.75) is 32.7 Å². The first-order valence-corrected chi connectivity index (χ1v) is 10.4. The number of likely N-dealkylation sites (tertiary alicyclic amines) is 1. The number of hydrogen-bond acceptors (Lipinski definition) is 3. The quantitative estimate of drug-likeness (QED) is 0.661. The Kier molecular flexibility index (Phi) is 7.22. The highest BCUT2D eigenvalue weighted by Crippen LogP contribution is 2.20. The summed E-state index contributed by atoms with van der Waals surface area (Å²) in [6.45, 7) is 5.83. The van der Waals surface area contributed by atoms with E-state index in [2.05, 4.69) is 24.5 Å². The molecule has 2 aromatic carbocycles. The summed E-state index contributed by atoms with van der Waals surface area (Å²) in [5.74, 6) is -0.236. The van der Waals surface area contributed by atoms with Gasteiger partial charge in [-0.1, -0.05) is 56.3 Å².